The first kappa shape index (κ1) is 12.8. The van der Waals surface area contributed by atoms with Gasteiger partial charge in [0.15, 0.2) is 5.78 Å². The zero-order valence-corrected chi connectivity index (χ0v) is 10.5. The standard InChI is InChI=1S/C13H16O2S/c1-10(14)11-6-7-13(15-2)12(9-11)5-3-4-8-16/h3,5-7,9,16H,4,8H2,1-2H3. The van der Waals surface area contributed by atoms with E-state index < -0.39 is 0 Å². The molecular formula is C13H16O2S. The molecule has 0 amide bonds. The first-order chi connectivity index (χ1) is 7.69. The molecule has 1 aromatic carbocycles. The van der Waals surface area contributed by atoms with Gasteiger partial charge in [-0.2, -0.15) is 12.6 Å². The number of ether oxygens (including phenoxy) is 1. The van der Waals surface area contributed by atoms with Gasteiger partial charge in [-0.3, -0.25) is 4.79 Å². The molecule has 0 radical (unpaired) electrons. The van der Waals surface area contributed by atoms with E-state index >= 15 is 0 Å². The fraction of sp³-hybridized carbons (Fsp3) is 0.308. The maximum atomic E-state index is 11.3. The summed E-state index contributed by atoms with van der Waals surface area (Å²) in [5, 5.41) is 0. The van der Waals surface area contributed by atoms with Gasteiger partial charge in [0.1, 0.15) is 5.75 Å². The summed E-state index contributed by atoms with van der Waals surface area (Å²) in [5.41, 5.74) is 1.63. The average molecular weight is 236 g/mol. The Labute approximate surface area is 102 Å². The lowest BCUT2D eigenvalue weighted by molar-refractivity contribution is 0.101. The van der Waals surface area contributed by atoms with Crippen molar-refractivity contribution < 1.29 is 9.53 Å². The van der Waals surface area contributed by atoms with Gasteiger partial charge in [-0.05, 0) is 37.3 Å². The number of methoxy groups -OCH3 is 1. The van der Waals surface area contributed by atoms with Crippen LogP contribution >= 0.6 is 12.6 Å². The van der Waals surface area contributed by atoms with Crippen LogP contribution in [0.1, 0.15) is 29.3 Å². The predicted octanol–water partition coefficient (Wildman–Crippen LogP) is 3.23. The molecule has 1 aromatic rings. The fourth-order valence-electron chi connectivity index (χ4n) is 1.37. The second-order valence-corrected chi connectivity index (χ2v) is 3.87. The van der Waals surface area contributed by atoms with Crippen LogP contribution in [-0.4, -0.2) is 18.6 Å². The molecule has 0 saturated carbocycles. The lowest BCUT2D eigenvalue weighted by atomic mass is 10.1. The van der Waals surface area contributed by atoms with Crippen molar-refractivity contribution in [3.05, 3.63) is 35.4 Å². The van der Waals surface area contributed by atoms with Gasteiger partial charge in [0.2, 0.25) is 0 Å². The molecular weight excluding hydrogens is 220 g/mol. The molecule has 1 rings (SSSR count). The van der Waals surface area contributed by atoms with Gasteiger partial charge in [0.05, 0.1) is 7.11 Å². The van der Waals surface area contributed by atoms with E-state index in [0.717, 1.165) is 23.5 Å². The van der Waals surface area contributed by atoms with E-state index in [-0.39, 0.29) is 5.78 Å². The van der Waals surface area contributed by atoms with Gasteiger partial charge in [-0.1, -0.05) is 12.2 Å². The summed E-state index contributed by atoms with van der Waals surface area (Å²) in [6.45, 7) is 1.56. The number of ketones is 1. The molecule has 0 bridgehead atoms. The minimum Gasteiger partial charge on any atom is -0.496 e. The van der Waals surface area contributed by atoms with Crippen molar-refractivity contribution in [1.82, 2.24) is 0 Å². The van der Waals surface area contributed by atoms with Crippen LogP contribution in [0.4, 0.5) is 0 Å². The lowest BCUT2D eigenvalue weighted by Gasteiger charge is -2.06. The summed E-state index contributed by atoms with van der Waals surface area (Å²) < 4.78 is 5.23. The van der Waals surface area contributed by atoms with Gasteiger partial charge in [0.25, 0.3) is 0 Å². The number of hydrogen-bond donors (Lipinski definition) is 1. The van der Waals surface area contributed by atoms with Gasteiger partial charge in [-0.25, -0.2) is 0 Å². The maximum absolute atomic E-state index is 11.3. The first-order valence-electron chi connectivity index (χ1n) is 5.15. The first-order valence-corrected chi connectivity index (χ1v) is 5.78. The topological polar surface area (TPSA) is 26.3 Å². The maximum Gasteiger partial charge on any atom is 0.159 e. The number of hydrogen-bond acceptors (Lipinski definition) is 3. The molecule has 0 aliphatic rings. The molecule has 16 heavy (non-hydrogen) atoms. The second-order valence-electron chi connectivity index (χ2n) is 3.43. The number of rotatable bonds is 5. The Hall–Kier alpha value is -1.22. The summed E-state index contributed by atoms with van der Waals surface area (Å²) in [4.78, 5) is 11.3. The van der Waals surface area contributed by atoms with Crippen molar-refractivity contribution in [2.45, 2.75) is 13.3 Å². The van der Waals surface area contributed by atoms with Gasteiger partial charge in [0, 0.05) is 11.1 Å². The number of Topliss-reactive ketones (excluding diaryl/α,β-unsaturated/α-hetero) is 1. The SMILES string of the molecule is COc1ccc(C(C)=O)cc1C=CCCS. The molecule has 2 nitrogen and oxygen atoms in total. The van der Waals surface area contributed by atoms with Crippen LogP contribution in [0.25, 0.3) is 6.08 Å². The summed E-state index contributed by atoms with van der Waals surface area (Å²) >= 11 is 4.13. The summed E-state index contributed by atoms with van der Waals surface area (Å²) in [6.07, 6.45) is 4.88. The summed E-state index contributed by atoms with van der Waals surface area (Å²) in [5.74, 6) is 1.65. The Morgan fingerprint density at radius 3 is 2.81 bits per heavy atom. The predicted molar refractivity (Wildman–Crippen MR) is 70.5 cm³/mol. The minimum atomic E-state index is 0.0616. The van der Waals surface area contributed by atoms with Gasteiger partial charge >= 0.3 is 0 Å². The average Bonchev–Trinajstić information content (AvgIpc) is 2.29. The summed E-state index contributed by atoms with van der Waals surface area (Å²) in [6, 6.07) is 5.43. The highest BCUT2D eigenvalue weighted by molar-refractivity contribution is 7.80. The fourth-order valence-corrected chi connectivity index (χ4v) is 1.52. The Kier molecular flexibility index (Phi) is 5.12. The van der Waals surface area contributed by atoms with E-state index in [9.17, 15) is 4.79 Å². The Morgan fingerprint density at radius 1 is 1.50 bits per heavy atom. The monoisotopic (exact) mass is 236 g/mol. The third-order valence-electron chi connectivity index (χ3n) is 2.23. The Balaban J connectivity index is 3.02. The second kappa shape index (κ2) is 6.38. The molecule has 0 unspecified atom stereocenters. The van der Waals surface area contributed by atoms with Crippen LogP contribution < -0.4 is 4.74 Å². The molecule has 0 aliphatic heterocycles. The normalized spacial score (nSPS) is 10.7. The van der Waals surface area contributed by atoms with Crippen LogP contribution in [0.3, 0.4) is 0 Å². The molecule has 0 heterocycles. The highest BCUT2D eigenvalue weighted by Gasteiger charge is 2.04. The smallest absolute Gasteiger partial charge is 0.159 e. The van der Waals surface area contributed by atoms with Crippen molar-refractivity contribution in [3.63, 3.8) is 0 Å². The number of allylic oxidation sites excluding steroid dienone is 1. The van der Waals surface area contributed by atoms with Crippen molar-refractivity contribution >= 4 is 24.5 Å². The molecule has 0 aromatic heterocycles. The largest absolute Gasteiger partial charge is 0.496 e. The van der Waals surface area contributed by atoms with Crippen molar-refractivity contribution in [2.24, 2.45) is 0 Å². The number of carbonyl (C=O) groups excluding carboxylic acids is 1. The molecule has 86 valence electrons. The molecule has 3 heteroatoms. The molecule has 0 atom stereocenters. The number of benzene rings is 1. The highest BCUT2D eigenvalue weighted by atomic mass is 32.1. The molecule has 0 aliphatic carbocycles. The van der Waals surface area contributed by atoms with Crippen LogP contribution in [-0.2, 0) is 0 Å². The quantitative estimate of drug-likeness (QED) is 0.627. The van der Waals surface area contributed by atoms with E-state index in [1.807, 2.05) is 24.3 Å². The molecule has 0 spiro atoms. The Morgan fingerprint density at radius 2 is 2.25 bits per heavy atom. The molecule has 0 saturated heterocycles. The van der Waals surface area contributed by atoms with Crippen LogP contribution in [0.15, 0.2) is 24.3 Å². The van der Waals surface area contributed by atoms with E-state index in [1.165, 1.54) is 0 Å². The molecule has 0 N–H and O–H groups in total. The van der Waals surface area contributed by atoms with Gasteiger partial charge in [-0.15, -0.1) is 0 Å². The number of carbonyl (C=O) groups is 1. The molecule has 0 fully saturated rings. The van der Waals surface area contributed by atoms with E-state index in [4.69, 9.17) is 4.74 Å². The van der Waals surface area contributed by atoms with Crippen LogP contribution in [0.5, 0.6) is 5.75 Å². The summed E-state index contributed by atoms with van der Waals surface area (Å²) in [7, 11) is 1.62. The van der Waals surface area contributed by atoms with E-state index in [1.54, 1.807) is 20.1 Å². The van der Waals surface area contributed by atoms with E-state index in [2.05, 4.69) is 12.6 Å². The Bertz CT molecular complexity index is 397. The van der Waals surface area contributed by atoms with Crippen LogP contribution in [0, 0.1) is 0 Å². The van der Waals surface area contributed by atoms with Gasteiger partial charge < -0.3 is 4.74 Å². The van der Waals surface area contributed by atoms with E-state index in [0.29, 0.717) is 5.56 Å². The van der Waals surface area contributed by atoms with Crippen molar-refractivity contribution in [3.8, 4) is 5.75 Å². The zero-order valence-electron chi connectivity index (χ0n) is 9.56. The van der Waals surface area contributed by atoms with Crippen molar-refractivity contribution in [1.29, 1.82) is 0 Å². The lowest BCUT2D eigenvalue weighted by Crippen LogP contribution is -1.94. The third-order valence-corrected chi connectivity index (χ3v) is 2.49. The van der Waals surface area contributed by atoms with Crippen molar-refractivity contribution in [2.75, 3.05) is 12.9 Å². The number of thiol groups is 1. The zero-order chi connectivity index (χ0) is 12.0. The highest BCUT2D eigenvalue weighted by Crippen LogP contribution is 2.21. The van der Waals surface area contributed by atoms with Crippen LogP contribution in [0.2, 0.25) is 0 Å². The third kappa shape index (κ3) is 3.42. The minimum absolute atomic E-state index is 0.0616.